The summed E-state index contributed by atoms with van der Waals surface area (Å²) in [5.41, 5.74) is 2.69. The Hall–Kier alpha value is -2.47. The number of ether oxygens (including phenoxy) is 2. The van der Waals surface area contributed by atoms with Crippen molar-refractivity contribution >= 4 is 11.9 Å². The molecule has 1 N–H and O–H groups in total. The minimum absolute atomic E-state index is 0.00149. The van der Waals surface area contributed by atoms with Crippen LogP contribution < -0.4 is 5.32 Å². The molecule has 0 saturated carbocycles. The van der Waals surface area contributed by atoms with Crippen LogP contribution in [0.1, 0.15) is 34.5 Å². The van der Waals surface area contributed by atoms with Crippen molar-refractivity contribution in [1.82, 2.24) is 9.97 Å². The van der Waals surface area contributed by atoms with Crippen molar-refractivity contribution in [2.24, 2.45) is 0 Å². The van der Waals surface area contributed by atoms with E-state index in [0.717, 1.165) is 5.56 Å². The molecular formula is C16H17N3O3. The van der Waals surface area contributed by atoms with Crippen LogP contribution in [-0.4, -0.2) is 29.2 Å². The smallest absolute Gasteiger partial charge is 0.341 e. The minimum atomic E-state index is -0.416. The Morgan fingerprint density at radius 2 is 2.14 bits per heavy atom. The second-order valence-corrected chi connectivity index (χ2v) is 4.93. The summed E-state index contributed by atoms with van der Waals surface area (Å²) in [4.78, 5) is 19.9. The predicted molar refractivity (Wildman–Crippen MR) is 80.5 cm³/mol. The summed E-state index contributed by atoms with van der Waals surface area (Å²) in [5, 5.41) is 3.24. The molecule has 1 atom stereocenters. The topological polar surface area (TPSA) is 73.3 Å². The average molecular weight is 299 g/mol. The first kappa shape index (κ1) is 14.5. The molecule has 6 heteroatoms. The molecule has 114 valence electrons. The van der Waals surface area contributed by atoms with E-state index in [1.165, 1.54) is 18.0 Å². The van der Waals surface area contributed by atoms with E-state index in [-0.39, 0.29) is 6.04 Å². The van der Waals surface area contributed by atoms with Gasteiger partial charge in [-0.1, -0.05) is 24.3 Å². The number of carbonyl (C=O) groups is 1. The molecule has 2 heterocycles. The summed E-state index contributed by atoms with van der Waals surface area (Å²) in [6, 6.07) is 8.12. The molecule has 1 aromatic heterocycles. The highest BCUT2D eigenvalue weighted by Crippen LogP contribution is 2.26. The van der Waals surface area contributed by atoms with E-state index >= 15 is 0 Å². The molecule has 1 aliphatic rings. The first-order valence-corrected chi connectivity index (χ1v) is 7.19. The minimum Gasteiger partial charge on any atom is -0.462 e. The maximum absolute atomic E-state index is 11.6. The van der Waals surface area contributed by atoms with Crippen LogP contribution >= 0.6 is 0 Å². The van der Waals surface area contributed by atoms with Crippen molar-refractivity contribution in [3.8, 4) is 0 Å². The SMILES string of the molecule is CCOC(=O)c1cnc(NC2COCc3ccccc32)nc1. The second kappa shape index (κ2) is 6.53. The summed E-state index contributed by atoms with van der Waals surface area (Å²) < 4.78 is 10.5. The fourth-order valence-corrected chi connectivity index (χ4v) is 2.38. The van der Waals surface area contributed by atoms with Gasteiger partial charge in [0.1, 0.15) is 0 Å². The predicted octanol–water partition coefficient (Wildman–Crippen LogP) is 2.34. The van der Waals surface area contributed by atoms with Crippen molar-refractivity contribution in [1.29, 1.82) is 0 Å². The van der Waals surface area contributed by atoms with Crippen molar-refractivity contribution < 1.29 is 14.3 Å². The Morgan fingerprint density at radius 3 is 2.91 bits per heavy atom. The molecule has 0 radical (unpaired) electrons. The van der Waals surface area contributed by atoms with Crippen LogP contribution in [0, 0.1) is 0 Å². The van der Waals surface area contributed by atoms with Gasteiger partial charge in [-0.15, -0.1) is 0 Å². The number of hydrogen-bond donors (Lipinski definition) is 1. The summed E-state index contributed by atoms with van der Waals surface area (Å²) >= 11 is 0. The van der Waals surface area contributed by atoms with Gasteiger partial charge in [0.2, 0.25) is 5.95 Å². The summed E-state index contributed by atoms with van der Waals surface area (Å²) in [6.45, 7) is 3.27. The van der Waals surface area contributed by atoms with E-state index in [1.54, 1.807) is 6.92 Å². The summed E-state index contributed by atoms with van der Waals surface area (Å²) in [6.07, 6.45) is 2.92. The van der Waals surface area contributed by atoms with Gasteiger partial charge in [0, 0.05) is 12.4 Å². The lowest BCUT2D eigenvalue weighted by Gasteiger charge is -2.26. The lowest BCUT2D eigenvalue weighted by Crippen LogP contribution is -2.24. The molecule has 0 saturated heterocycles. The Bertz CT molecular complexity index is 658. The van der Waals surface area contributed by atoms with Crippen LogP contribution in [-0.2, 0) is 16.1 Å². The summed E-state index contributed by atoms with van der Waals surface area (Å²) in [7, 11) is 0. The van der Waals surface area contributed by atoms with Gasteiger partial charge in [-0.25, -0.2) is 14.8 Å². The molecule has 6 nitrogen and oxygen atoms in total. The lowest BCUT2D eigenvalue weighted by atomic mass is 9.99. The van der Waals surface area contributed by atoms with Gasteiger partial charge in [0.15, 0.2) is 0 Å². The van der Waals surface area contributed by atoms with Gasteiger partial charge in [-0.2, -0.15) is 0 Å². The van der Waals surface area contributed by atoms with Crippen molar-refractivity contribution in [3.05, 3.63) is 53.3 Å². The molecule has 0 aliphatic carbocycles. The number of aromatic nitrogens is 2. The Balaban J connectivity index is 1.73. The molecule has 1 unspecified atom stereocenters. The number of hydrogen-bond acceptors (Lipinski definition) is 6. The third-order valence-corrected chi connectivity index (χ3v) is 3.44. The number of rotatable bonds is 4. The molecule has 1 aliphatic heterocycles. The largest absolute Gasteiger partial charge is 0.462 e. The van der Waals surface area contributed by atoms with Crippen LogP contribution in [0.15, 0.2) is 36.7 Å². The molecule has 3 rings (SSSR count). The van der Waals surface area contributed by atoms with Crippen molar-refractivity contribution in [2.45, 2.75) is 19.6 Å². The number of esters is 1. The highest BCUT2D eigenvalue weighted by atomic mass is 16.5. The third-order valence-electron chi connectivity index (χ3n) is 3.44. The van der Waals surface area contributed by atoms with Crippen LogP contribution in [0.5, 0.6) is 0 Å². The second-order valence-electron chi connectivity index (χ2n) is 4.93. The maximum atomic E-state index is 11.6. The molecule has 2 aromatic rings. The highest BCUT2D eigenvalue weighted by molar-refractivity contribution is 5.88. The van der Waals surface area contributed by atoms with E-state index in [0.29, 0.717) is 31.3 Å². The fraction of sp³-hybridized carbons (Fsp3) is 0.312. The quantitative estimate of drug-likeness (QED) is 0.874. The van der Waals surface area contributed by atoms with Crippen LogP contribution in [0.25, 0.3) is 0 Å². The number of benzene rings is 1. The molecule has 1 aromatic carbocycles. The summed E-state index contributed by atoms with van der Waals surface area (Å²) in [5.74, 6) is 0.0405. The normalized spacial score (nSPS) is 16.7. The zero-order valence-corrected chi connectivity index (χ0v) is 12.3. The van der Waals surface area contributed by atoms with E-state index in [4.69, 9.17) is 9.47 Å². The van der Waals surface area contributed by atoms with Gasteiger partial charge in [0.05, 0.1) is 31.4 Å². The van der Waals surface area contributed by atoms with E-state index in [9.17, 15) is 4.79 Å². The monoisotopic (exact) mass is 299 g/mol. The number of anilines is 1. The maximum Gasteiger partial charge on any atom is 0.341 e. The zero-order chi connectivity index (χ0) is 15.4. The first-order valence-electron chi connectivity index (χ1n) is 7.19. The molecule has 0 spiro atoms. The standard InChI is InChI=1S/C16H17N3O3/c1-2-22-15(20)12-7-17-16(18-8-12)19-14-10-21-9-11-5-3-4-6-13(11)14/h3-8,14H,2,9-10H2,1H3,(H,17,18,19). The highest BCUT2D eigenvalue weighted by Gasteiger charge is 2.21. The van der Waals surface area contributed by atoms with Crippen LogP contribution in [0.4, 0.5) is 5.95 Å². The molecule has 0 bridgehead atoms. The number of carbonyl (C=O) groups excluding carboxylic acids is 1. The Kier molecular flexibility index (Phi) is 4.29. The van der Waals surface area contributed by atoms with Gasteiger partial charge in [0.25, 0.3) is 0 Å². The number of nitrogens with one attached hydrogen (secondary N) is 1. The van der Waals surface area contributed by atoms with Gasteiger partial charge < -0.3 is 14.8 Å². The van der Waals surface area contributed by atoms with Gasteiger partial charge >= 0.3 is 5.97 Å². The van der Waals surface area contributed by atoms with Crippen LogP contribution in [0.2, 0.25) is 0 Å². The number of fused-ring (bicyclic) bond motifs is 1. The third kappa shape index (κ3) is 3.07. The van der Waals surface area contributed by atoms with E-state index in [1.807, 2.05) is 18.2 Å². The number of nitrogens with zero attached hydrogens (tertiary/aromatic N) is 2. The Morgan fingerprint density at radius 1 is 1.36 bits per heavy atom. The zero-order valence-electron chi connectivity index (χ0n) is 12.3. The van der Waals surface area contributed by atoms with E-state index < -0.39 is 5.97 Å². The molecule has 0 fully saturated rings. The first-order chi connectivity index (χ1) is 10.8. The molecule has 22 heavy (non-hydrogen) atoms. The molecule has 0 amide bonds. The average Bonchev–Trinajstić information content (AvgIpc) is 2.56. The van der Waals surface area contributed by atoms with Crippen molar-refractivity contribution in [3.63, 3.8) is 0 Å². The van der Waals surface area contributed by atoms with Crippen molar-refractivity contribution in [2.75, 3.05) is 18.5 Å². The Labute approximate surface area is 128 Å². The van der Waals surface area contributed by atoms with Crippen LogP contribution in [0.3, 0.4) is 0 Å². The fourth-order valence-electron chi connectivity index (χ4n) is 2.38. The molecular weight excluding hydrogens is 282 g/mol. The van der Waals surface area contributed by atoms with Gasteiger partial charge in [-0.3, -0.25) is 0 Å². The lowest BCUT2D eigenvalue weighted by molar-refractivity contribution is 0.0525. The van der Waals surface area contributed by atoms with E-state index in [2.05, 4.69) is 21.4 Å². The van der Waals surface area contributed by atoms with Gasteiger partial charge in [-0.05, 0) is 18.1 Å².